The number of hydrogen-bond acceptors (Lipinski definition) is 2. The summed E-state index contributed by atoms with van der Waals surface area (Å²) in [7, 11) is 0. The first-order chi connectivity index (χ1) is 19.5. The predicted octanol–water partition coefficient (Wildman–Crippen LogP) is 9.07. The number of para-hydroxylation sites is 2. The number of H-pyrrole nitrogens is 2. The van der Waals surface area contributed by atoms with Crippen LogP contribution in [0.2, 0.25) is 0 Å². The van der Waals surface area contributed by atoms with E-state index in [9.17, 15) is 0 Å². The van der Waals surface area contributed by atoms with Gasteiger partial charge >= 0.3 is 0 Å². The summed E-state index contributed by atoms with van der Waals surface area (Å²) < 4.78 is 0. The minimum atomic E-state index is 0.0222. The minimum Gasteiger partial charge on any atom is -0.356 e. The molecule has 5 rings (SSSR count). The first-order valence-electron chi connectivity index (χ1n) is 14.2. The van der Waals surface area contributed by atoms with E-state index >= 15 is 0 Å². The Morgan fingerprint density at radius 1 is 0.600 bits per heavy atom. The van der Waals surface area contributed by atoms with Crippen molar-refractivity contribution in [2.45, 2.75) is 53.4 Å². The van der Waals surface area contributed by atoms with E-state index in [-0.39, 0.29) is 5.92 Å². The van der Waals surface area contributed by atoms with Gasteiger partial charge in [0, 0.05) is 11.4 Å². The van der Waals surface area contributed by atoms with Crippen LogP contribution in [0.5, 0.6) is 0 Å². The van der Waals surface area contributed by atoms with Gasteiger partial charge < -0.3 is 9.97 Å². The van der Waals surface area contributed by atoms with Gasteiger partial charge in [-0.3, -0.25) is 9.98 Å². The molecule has 2 N–H and O–H groups in total. The Bertz CT molecular complexity index is 1520. The number of nitrogens with zero attached hydrogens (tertiary/aromatic N) is 2. The van der Waals surface area contributed by atoms with Gasteiger partial charge in [-0.2, -0.15) is 0 Å². The summed E-state index contributed by atoms with van der Waals surface area (Å²) in [5, 5.41) is 0. The van der Waals surface area contributed by atoms with E-state index in [0.717, 1.165) is 35.6 Å². The van der Waals surface area contributed by atoms with Crippen molar-refractivity contribution in [3.63, 3.8) is 0 Å². The monoisotopic (exact) mass is 526 g/mol. The minimum absolute atomic E-state index is 0.0222. The second-order valence-electron chi connectivity index (χ2n) is 10.4. The van der Waals surface area contributed by atoms with Crippen molar-refractivity contribution >= 4 is 23.8 Å². The molecule has 2 heterocycles. The van der Waals surface area contributed by atoms with Crippen molar-refractivity contribution in [1.29, 1.82) is 0 Å². The van der Waals surface area contributed by atoms with E-state index in [1.165, 1.54) is 44.8 Å². The van der Waals surface area contributed by atoms with Gasteiger partial charge in [-0.05, 0) is 85.7 Å². The third-order valence-electron chi connectivity index (χ3n) is 7.80. The molecule has 0 atom stereocenters. The lowest BCUT2D eigenvalue weighted by Crippen LogP contribution is -2.08. The fourth-order valence-corrected chi connectivity index (χ4v) is 5.61. The second-order valence-corrected chi connectivity index (χ2v) is 10.4. The fraction of sp³-hybridized carbons (Fsp3) is 0.222. The molecule has 4 heteroatoms. The van der Waals surface area contributed by atoms with Crippen molar-refractivity contribution in [1.82, 2.24) is 9.97 Å². The summed E-state index contributed by atoms with van der Waals surface area (Å²) in [4.78, 5) is 17.2. The molecule has 0 saturated heterocycles. The van der Waals surface area contributed by atoms with Crippen molar-refractivity contribution in [2.75, 3.05) is 0 Å². The number of rotatable bonds is 9. The van der Waals surface area contributed by atoms with Crippen LogP contribution in [-0.4, -0.2) is 22.4 Å². The Morgan fingerprint density at radius 3 is 1.43 bits per heavy atom. The Hall–Kier alpha value is -4.44. The number of aliphatic imine (C=N–C) groups is 2. The van der Waals surface area contributed by atoms with E-state index in [1.54, 1.807) is 0 Å². The SMILES string of the molecule is CCc1c(C=Nc2ccccc2)[nH]c(C(c2ccc(C)cc2)c2[nH]c(C=Nc3ccccc3)c(CC)c2C)c1C. The zero-order valence-corrected chi connectivity index (χ0v) is 24.1. The van der Waals surface area contributed by atoms with E-state index in [4.69, 9.17) is 9.98 Å². The van der Waals surface area contributed by atoms with Gasteiger partial charge in [0.05, 0.1) is 41.1 Å². The first-order valence-corrected chi connectivity index (χ1v) is 14.2. The normalized spacial score (nSPS) is 12.5. The largest absolute Gasteiger partial charge is 0.356 e. The lowest BCUT2D eigenvalue weighted by atomic mass is 9.87. The van der Waals surface area contributed by atoms with Crippen LogP contribution in [0.3, 0.4) is 0 Å². The molecule has 3 aromatic carbocycles. The van der Waals surface area contributed by atoms with Gasteiger partial charge in [-0.15, -0.1) is 0 Å². The van der Waals surface area contributed by atoms with Crippen molar-refractivity contribution in [3.05, 3.63) is 141 Å². The second kappa shape index (κ2) is 12.2. The Morgan fingerprint density at radius 2 is 1.02 bits per heavy atom. The maximum atomic E-state index is 4.78. The van der Waals surface area contributed by atoms with Gasteiger partial charge in [0.25, 0.3) is 0 Å². The Labute approximate surface area is 238 Å². The molecule has 2 aromatic heterocycles. The predicted molar refractivity (Wildman–Crippen MR) is 169 cm³/mol. The van der Waals surface area contributed by atoms with Gasteiger partial charge in [0.2, 0.25) is 0 Å². The smallest absolute Gasteiger partial charge is 0.0647 e. The average Bonchev–Trinajstić information content (AvgIpc) is 3.47. The van der Waals surface area contributed by atoms with E-state index in [2.05, 4.69) is 68.9 Å². The number of nitrogens with one attached hydrogen (secondary N) is 2. The summed E-state index contributed by atoms with van der Waals surface area (Å²) in [6.45, 7) is 11.0. The lowest BCUT2D eigenvalue weighted by molar-refractivity contribution is 0.875. The fourth-order valence-electron chi connectivity index (χ4n) is 5.61. The van der Waals surface area contributed by atoms with Crippen LogP contribution in [0.25, 0.3) is 0 Å². The number of aryl methyl sites for hydroxylation is 1. The molecule has 202 valence electrons. The molecular formula is C36H38N4. The van der Waals surface area contributed by atoms with E-state index in [1.807, 2.05) is 73.1 Å². The quantitative estimate of drug-likeness (QED) is 0.180. The van der Waals surface area contributed by atoms with Crippen LogP contribution < -0.4 is 0 Å². The summed E-state index contributed by atoms with van der Waals surface area (Å²) in [6.07, 6.45) is 5.82. The molecule has 40 heavy (non-hydrogen) atoms. The average molecular weight is 527 g/mol. The summed E-state index contributed by atoms with van der Waals surface area (Å²) >= 11 is 0. The molecule has 0 aliphatic carbocycles. The highest BCUT2D eigenvalue weighted by Gasteiger charge is 2.27. The number of hydrogen-bond donors (Lipinski definition) is 2. The van der Waals surface area contributed by atoms with Crippen LogP contribution in [-0.2, 0) is 12.8 Å². The molecule has 0 spiro atoms. The van der Waals surface area contributed by atoms with Crippen LogP contribution in [0.4, 0.5) is 11.4 Å². The summed E-state index contributed by atoms with van der Waals surface area (Å²) in [5.41, 5.74) is 14.1. The molecule has 0 aliphatic heterocycles. The van der Waals surface area contributed by atoms with Gasteiger partial charge in [-0.25, -0.2) is 0 Å². The molecule has 0 radical (unpaired) electrons. The molecule has 0 saturated carbocycles. The highest BCUT2D eigenvalue weighted by molar-refractivity contribution is 5.84. The van der Waals surface area contributed by atoms with E-state index in [0.29, 0.717) is 0 Å². The van der Waals surface area contributed by atoms with Crippen molar-refractivity contribution in [3.8, 4) is 0 Å². The Kier molecular flexibility index (Phi) is 8.26. The van der Waals surface area contributed by atoms with Crippen molar-refractivity contribution < 1.29 is 0 Å². The standard InChI is InChI=1S/C36H38N4/c1-6-30-25(4)35(39-32(30)22-37-28-14-10-8-11-15-28)34(27-20-18-24(3)19-21-27)36-26(5)31(7-2)33(40-36)23-38-29-16-12-9-13-17-29/h8-23,34,39-40H,6-7H2,1-5H3. The zero-order valence-electron chi connectivity index (χ0n) is 24.1. The third-order valence-corrected chi connectivity index (χ3v) is 7.80. The molecule has 0 unspecified atom stereocenters. The van der Waals surface area contributed by atoms with Gasteiger partial charge in [0.1, 0.15) is 0 Å². The number of aromatic nitrogens is 2. The topological polar surface area (TPSA) is 56.3 Å². The molecule has 0 aliphatic rings. The molecule has 5 aromatic rings. The van der Waals surface area contributed by atoms with Gasteiger partial charge in [0.15, 0.2) is 0 Å². The van der Waals surface area contributed by atoms with Crippen LogP contribution in [0.15, 0.2) is 94.9 Å². The summed E-state index contributed by atoms with van der Waals surface area (Å²) in [6, 6.07) is 29.1. The molecule has 0 bridgehead atoms. The van der Waals surface area contributed by atoms with Crippen molar-refractivity contribution in [2.24, 2.45) is 9.98 Å². The molecular weight excluding hydrogens is 488 g/mol. The van der Waals surface area contributed by atoms with E-state index < -0.39 is 0 Å². The molecule has 0 amide bonds. The number of benzene rings is 3. The Balaban J connectivity index is 1.64. The van der Waals surface area contributed by atoms with Crippen LogP contribution >= 0.6 is 0 Å². The maximum Gasteiger partial charge on any atom is 0.0647 e. The van der Waals surface area contributed by atoms with Gasteiger partial charge in [-0.1, -0.05) is 80.1 Å². The highest BCUT2D eigenvalue weighted by Crippen LogP contribution is 2.38. The zero-order chi connectivity index (χ0) is 28.1. The third kappa shape index (κ3) is 5.62. The highest BCUT2D eigenvalue weighted by atomic mass is 14.8. The van der Waals surface area contributed by atoms with Crippen LogP contribution in [0.1, 0.15) is 75.9 Å². The lowest BCUT2D eigenvalue weighted by Gasteiger charge is -2.19. The maximum absolute atomic E-state index is 4.78. The summed E-state index contributed by atoms with van der Waals surface area (Å²) in [5.74, 6) is 0.0222. The molecule has 4 nitrogen and oxygen atoms in total. The van der Waals surface area contributed by atoms with Crippen LogP contribution in [0, 0.1) is 20.8 Å². The number of aromatic amines is 2. The first kappa shape index (κ1) is 27.1. The molecule has 0 fully saturated rings.